The van der Waals surface area contributed by atoms with E-state index >= 15 is 0 Å². The third-order valence-corrected chi connectivity index (χ3v) is 3.99. The van der Waals surface area contributed by atoms with Gasteiger partial charge in [-0.05, 0) is 26.7 Å². The van der Waals surface area contributed by atoms with Crippen LogP contribution in [0.25, 0.3) is 0 Å². The number of hydrogen-bond donors (Lipinski definition) is 0. The average molecular weight is 224 g/mol. The number of likely N-dealkylation sites (tertiary alicyclic amines) is 1. The van der Waals surface area contributed by atoms with Crippen LogP contribution in [0.3, 0.4) is 0 Å². The van der Waals surface area contributed by atoms with Crippen LogP contribution in [0.15, 0.2) is 0 Å². The molecular weight excluding hydrogens is 200 g/mol. The van der Waals surface area contributed by atoms with E-state index in [1.165, 1.54) is 12.8 Å². The molecule has 2 atom stereocenters. The molecule has 0 spiro atoms. The average Bonchev–Trinajstić information content (AvgIpc) is 2.46. The molecule has 0 aromatic rings. The highest BCUT2D eigenvalue weighted by Gasteiger charge is 2.43. The van der Waals surface area contributed by atoms with Crippen LogP contribution in [0.2, 0.25) is 0 Å². The van der Waals surface area contributed by atoms with E-state index in [2.05, 4.69) is 23.6 Å². The van der Waals surface area contributed by atoms with Crippen molar-refractivity contribution in [2.45, 2.75) is 58.7 Å². The summed E-state index contributed by atoms with van der Waals surface area (Å²) in [6, 6.07) is 1.58. The van der Waals surface area contributed by atoms with Gasteiger partial charge in [0.25, 0.3) is 0 Å². The lowest BCUT2D eigenvalue weighted by Crippen LogP contribution is -2.58. The molecule has 3 nitrogen and oxygen atoms in total. The fourth-order valence-corrected chi connectivity index (χ4v) is 3.02. The van der Waals surface area contributed by atoms with Crippen molar-refractivity contribution in [3.8, 4) is 0 Å². The highest BCUT2D eigenvalue weighted by molar-refractivity contribution is 5.79. The fourth-order valence-electron chi connectivity index (χ4n) is 3.02. The Kier molecular flexibility index (Phi) is 3.24. The predicted octanol–water partition coefficient (Wildman–Crippen LogP) is 1.73. The largest absolute Gasteiger partial charge is 0.334 e. The summed E-state index contributed by atoms with van der Waals surface area (Å²) >= 11 is 0. The second-order valence-electron chi connectivity index (χ2n) is 5.83. The number of nitrogens with zero attached hydrogens (tertiary/aromatic N) is 2. The van der Waals surface area contributed by atoms with Crippen molar-refractivity contribution in [3.05, 3.63) is 0 Å². The maximum Gasteiger partial charge on any atom is 0.225 e. The molecule has 2 heterocycles. The molecule has 1 amide bonds. The van der Waals surface area contributed by atoms with Gasteiger partial charge in [-0.3, -0.25) is 9.69 Å². The number of rotatable bonds is 2. The van der Waals surface area contributed by atoms with E-state index in [1.54, 1.807) is 0 Å². The van der Waals surface area contributed by atoms with Crippen molar-refractivity contribution in [3.63, 3.8) is 0 Å². The first-order valence-corrected chi connectivity index (χ1v) is 6.57. The molecule has 92 valence electrons. The first-order chi connectivity index (χ1) is 7.50. The molecule has 16 heavy (non-hydrogen) atoms. The number of piperazine rings is 1. The Hall–Kier alpha value is -0.570. The summed E-state index contributed by atoms with van der Waals surface area (Å²) in [5.74, 6) is 0.504. The number of amides is 1. The van der Waals surface area contributed by atoms with Gasteiger partial charge in [-0.25, -0.2) is 0 Å². The summed E-state index contributed by atoms with van der Waals surface area (Å²) in [7, 11) is 0. The summed E-state index contributed by atoms with van der Waals surface area (Å²) < 4.78 is 0. The fraction of sp³-hybridized carbons (Fsp3) is 0.923. The zero-order valence-electron chi connectivity index (χ0n) is 10.9. The third kappa shape index (κ3) is 1.97. The van der Waals surface area contributed by atoms with Gasteiger partial charge in [0, 0.05) is 37.1 Å². The molecule has 2 bridgehead atoms. The van der Waals surface area contributed by atoms with Crippen LogP contribution in [0.4, 0.5) is 0 Å². The van der Waals surface area contributed by atoms with Crippen LogP contribution in [-0.2, 0) is 4.79 Å². The zero-order chi connectivity index (χ0) is 11.9. The zero-order valence-corrected chi connectivity index (χ0v) is 10.9. The van der Waals surface area contributed by atoms with E-state index in [9.17, 15) is 4.79 Å². The summed E-state index contributed by atoms with van der Waals surface area (Å²) in [4.78, 5) is 16.8. The molecule has 2 rings (SSSR count). The molecule has 3 heteroatoms. The topological polar surface area (TPSA) is 23.6 Å². The molecular formula is C13H24N2O. The van der Waals surface area contributed by atoms with Crippen molar-refractivity contribution >= 4 is 5.91 Å². The van der Waals surface area contributed by atoms with Crippen molar-refractivity contribution in [2.24, 2.45) is 5.92 Å². The van der Waals surface area contributed by atoms with E-state index in [0.29, 0.717) is 24.0 Å². The van der Waals surface area contributed by atoms with Crippen LogP contribution < -0.4 is 0 Å². The minimum atomic E-state index is 0.147. The molecule has 2 aliphatic rings. The lowest BCUT2D eigenvalue weighted by Gasteiger charge is -2.43. The van der Waals surface area contributed by atoms with Crippen molar-refractivity contribution in [1.82, 2.24) is 9.80 Å². The summed E-state index contributed by atoms with van der Waals surface area (Å²) in [5, 5.41) is 0. The van der Waals surface area contributed by atoms with E-state index < -0.39 is 0 Å². The maximum absolute atomic E-state index is 12.1. The number of carbonyl (C=O) groups excluding carboxylic acids is 1. The van der Waals surface area contributed by atoms with Gasteiger partial charge < -0.3 is 4.90 Å². The Morgan fingerprint density at radius 3 is 1.94 bits per heavy atom. The van der Waals surface area contributed by atoms with Gasteiger partial charge in [0.1, 0.15) is 0 Å². The highest BCUT2D eigenvalue weighted by atomic mass is 16.2. The van der Waals surface area contributed by atoms with Crippen molar-refractivity contribution < 1.29 is 4.79 Å². The van der Waals surface area contributed by atoms with Gasteiger partial charge in [-0.2, -0.15) is 0 Å². The summed E-state index contributed by atoms with van der Waals surface area (Å²) in [5.41, 5.74) is 0. The van der Waals surface area contributed by atoms with E-state index in [4.69, 9.17) is 0 Å². The van der Waals surface area contributed by atoms with Crippen LogP contribution in [-0.4, -0.2) is 46.9 Å². The Balaban J connectivity index is 2.08. The monoisotopic (exact) mass is 224 g/mol. The van der Waals surface area contributed by atoms with E-state index in [1.807, 2.05) is 13.8 Å². The lowest BCUT2D eigenvalue weighted by molar-refractivity contribution is -0.140. The first kappa shape index (κ1) is 11.9. The third-order valence-electron chi connectivity index (χ3n) is 3.99. The van der Waals surface area contributed by atoms with Gasteiger partial charge in [-0.15, -0.1) is 0 Å². The Bertz CT molecular complexity index is 261. The minimum Gasteiger partial charge on any atom is -0.334 e. The minimum absolute atomic E-state index is 0.147. The Morgan fingerprint density at radius 1 is 1.06 bits per heavy atom. The van der Waals surface area contributed by atoms with Gasteiger partial charge in [0.15, 0.2) is 0 Å². The van der Waals surface area contributed by atoms with Crippen LogP contribution in [0.1, 0.15) is 40.5 Å². The molecule has 2 aliphatic heterocycles. The predicted molar refractivity (Wildman–Crippen MR) is 65.2 cm³/mol. The van der Waals surface area contributed by atoms with E-state index in [0.717, 1.165) is 13.1 Å². The Morgan fingerprint density at radius 2 is 1.56 bits per heavy atom. The second kappa shape index (κ2) is 4.36. The molecule has 0 N–H and O–H groups in total. The maximum atomic E-state index is 12.1. The van der Waals surface area contributed by atoms with Gasteiger partial charge in [0.05, 0.1) is 0 Å². The lowest BCUT2D eigenvalue weighted by atomic mass is 10.1. The van der Waals surface area contributed by atoms with Crippen LogP contribution >= 0.6 is 0 Å². The molecule has 2 saturated heterocycles. The molecule has 2 fully saturated rings. The number of hydrogen-bond acceptors (Lipinski definition) is 2. The molecule has 0 radical (unpaired) electrons. The van der Waals surface area contributed by atoms with Gasteiger partial charge >= 0.3 is 0 Å². The highest BCUT2D eigenvalue weighted by Crippen LogP contribution is 2.32. The van der Waals surface area contributed by atoms with Crippen molar-refractivity contribution in [1.29, 1.82) is 0 Å². The van der Waals surface area contributed by atoms with E-state index in [-0.39, 0.29) is 5.92 Å². The van der Waals surface area contributed by atoms with Crippen LogP contribution in [0.5, 0.6) is 0 Å². The SMILES string of the molecule is CC(C)C(=O)N1C2CCC1CN(C(C)C)C2. The quantitative estimate of drug-likeness (QED) is 0.713. The standard InChI is InChI=1S/C13H24N2O/c1-9(2)13(16)15-11-5-6-12(15)8-14(7-11)10(3)4/h9-12H,5-8H2,1-4H3. The summed E-state index contributed by atoms with van der Waals surface area (Å²) in [6.07, 6.45) is 2.40. The van der Waals surface area contributed by atoms with Gasteiger partial charge in [0.2, 0.25) is 5.91 Å². The molecule has 0 aromatic carbocycles. The smallest absolute Gasteiger partial charge is 0.225 e. The number of carbonyl (C=O) groups is 1. The normalized spacial score (nSPS) is 30.5. The first-order valence-electron chi connectivity index (χ1n) is 6.57. The Labute approximate surface area is 98.8 Å². The number of fused-ring (bicyclic) bond motifs is 2. The summed E-state index contributed by atoms with van der Waals surface area (Å²) in [6.45, 7) is 10.7. The second-order valence-corrected chi connectivity index (χ2v) is 5.83. The molecule has 0 aliphatic carbocycles. The van der Waals surface area contributed by atoms with Crippen molar-refractivity contribution in [2.75, 3.05) is 13.1 Å². The van der Waals surface area contributed by atoms with Gasteiger partial charge in [-0.1, -0.05) is 13.8 Å². The molecule has 0 aromatic heterocycles. The van der Waals surface area contributed by atoms with Crippen LogP contribution in [0, 0.1) is 5.92 Å². The molecule has 0 saturated carbocycles. The molecule has 2 unspecified atom stereocenters.